The van der Waals surface area contributed by atoms with Gasteiger partial charge in [-0.25, -0.2) is 0 Å². The molecule has 1 aliphatic rings. The first-order chi connectivity index (χ1) is 11.5. The molecular formula is C17H12ClNO4S. The number of para-hydroxylation sites is 1. The van der Waals surface area contributed by atoms with E-state index in [0.29, 0.717) is 5.02 Å². The summed E-state index contributed by atoms with van der Waals surface area (Å²) < 4.78 is 0. The zero-order chi connectivity index (χ0) is 17.3. The van der Waals surface area contributed by atoms with Crippen molar-refractivity contribution in [3.8, 4) is 11.5 Å². The molecule has 3 rings (SSSR count). The van der Waals surface area contributed by atoms with Gasteiger partial charge in [-0.05, 0) is 41.6 Å². The summed E-state index contributed by atoms with van der Waals surface area (Å²) in [5, 5.41) is 19.4. The first kappa shape index (κ1) is 16.4. The van der Waals surface area contributed by atoms with Crippen molar-refractivity contribution in [3.05, 3.63) is 63.5 Å². The first-order valence-electron chi connectivity index (χ1n) is 6.96. The predicted molar refractivity (Wildman–Crippen MR) is 92.7 cm³/mol. The number of phenols is 2. The van der Waals surface area contributed by atoms with Gasteiger partial charge in [0.25, 0.3) is 11.1 Å². The van der Waals surface area contributed by atoms with Gasteiger partial charge in [0.05, 0.1) is 11.4 Å². The lowest BCUT2D eigenvalue weighted by Gasteiger charge is -2.12. The molecule has 0 aromatic heterocycles. The van der Waals surface area contributed by atoms with E-state index in [1.54, 1.807) is 30.3 Å². The van der Waals surface area contributed by atoms with Crippen LogP contribution in [-0.4, -0.2) is 26.3 Å². The molecule has 2 amide bonds. The zero-order valence-electron chi connectivity index (χ0n) is 12.3. The van der Waals surface area contributed by atoms with E-state index in [2.05, 4.69) is 0 Å². The minimum atomic E-state index is -0.451. The van der Waals surface area contributed by atoms with Crippen molar-refractivity contribution in [2.24, 2.45) is 0 Å². The third-order valence-electron chi connectivity index (χ3n) is 3.44. The van der Waals surface area contributed by atoms with Crippen LogP contribution in [0.4, 0.5) is 4.79 Å². The van der Waals surface area contributed by atoms with Crippen molar-refractivity contribution in [1.82, 2.24) is 4.90 Å². The second-order valence-electron chi connectivity index (χ2n) is 5.11. The molecule has 0 atom stereocenters. The molecule has 2 N–H and O–H groups in total. The Morgan fingerprint density at radius 2 is 1.88 bits per heavy atom. The van der Waals surface area contributed by atoms with Crippen molar-refractivity contribution >= 4 is 40.6 Å². The van der Waals surface area contributed by atoms with Gasteiger partial charge >= 0.3 is 0 Å². The highest BCUT2D eigenvalue weighted by molar-refractivity contribution is 8.18. The fourth-order valence-electron chi connectivity index (χ4n) is 2.26. The van der Waals surface area contributed by atoms with Gasteiger partial charge in [-0.2, -0.15) is 0 Å². The number of imide groups is 1. The van der Waals surface area contributed by atoms with Crippen LogP contribution in [0, 0.1) is 0 Å². The Bertz CT molecular complexity index is 865. The third kappa shape index (κ3) is 3.25. The molecule has 7 heteroatoms. The van der Waals surface area contributed by atoms with Crippen molar-refractivity contribution < 1.29 is 19.8 Å². The highest BCUT2D eigenvalue weighted by atomic mass is 35.5. The van der Waals surface area contributed by atoms with Gasteiger partial charge in [-0.3, -0.25) is 14.5 Å². The first-order valence-corrected chi connectivity index (χ1v) is 8.16. The highest BCUT2D eigenvalue weighted by Crippen LogP contribution is 2.36. The fraction of sp³-hybridized carbons (Fsp3) is 0.0588. The molecular weight excluding hydrogens is 350 g/mol. The van der Waals surface area contributed by atoms with E-state index in [-0.39, 0.29) is 28.5 Å². The van der Waals surface area contributed by atoms with Gasteiger partial charge in [0.1, 0.15) is 0 Å². The van der Waals surface area contributed by atoms with Gasteiger partial charge in [-0.15, -0.1) is 0 Å². The normalized spacial score (nSPS) is 16.2. The molecule has 24 heavy (non-hydrogen) atoms. The van der Waals surface area contributed by atoms with Crippen LogP contribution < -0.4 is 0 Å². The number of hydrogen-bond donors (Lipinski definition) is 2. The Kier molecular flexibility index (Phi) is 4.51. The number of rotatable bonds is 3. The van der Waals surface area contributed by atoms with Crippen LogP contribution in [0.3, 0.4) is 0 Å². The Hall–Kier alpha value is -2.44. The zero-order valence-corrected chi connectivity index (χ0v) is 13.8. The molecule has 0 unspecified atom stereocenters. The maximum absolute atomic E-state index is 12.4. The standard InChI is InChI=1S/C17H12ClNO4S/c18-12-5-1-3-10(7-12)9-19-16(22)14(24-17(19)23)8-11-4-2-6-13(20)15(11)21/h1-8,20-21H,9H2/b14-8-. The largest absolute Gasteiger partial charge is 0.504 e. The Labute approximate surface area is 147 Å². The van der Waals surface area contributed by atoms with Crippen LogP contribution >= 0.6 is 23.4 Å². The molecule has 0 bridgehead atoms. The molecule has 1 saturated heterocycles. The van der Waals surface area contributed by atoms with E-state index < -0.39 is 11.1 Å². The molecule has 0 spiro atoms. The summed E-state index contributed by atoms with van der Waals surface area (Å²) in [7, 11) is 0. The number of aromatic hydroxyl groups is 2. The average molecular weight is 362 g/mol. The van der Waals surface area contributed by atoms with E-state index in [0.717, 1.165) is 22.2 Å². The van der Waals surface area contributed by atoms with Crippen LogP contribution in [-0.2, 0) is 11.3 Å². The minimum absolute atomic E-state index is 0.120. The summed E-state index contributed by atoms with van der Waals surface area (Å²) in [4.78, 5) is 25.8. The Morgan fingerprint density at radius 1 is 1.12 bits per heavy atom. The van der Waals surface area contributed by atoms with Crippen LogP contribution in [0.5, 0.6) is 11.5 Å². The number of amides is 2. The molecule has 1 aliphatic heterocycles. The van der Waals surface area contributed by atoms with Crippen molar-refractivity contribution in [1.29, 1.82) is 0 Å². The van der Waals surface area contributed by atoms with E-state index in [1.165, 1.54) is 18.2 Å². The summed E-state index contributed by atoms with van der Waals surface area (Å²) in [6, 6.07) is 11.3. The van der Waals surface area contributed by atoms with Gasteiger partial charge < -0.3 is 10.2 Å². The SMILES string of the molecule is O=C1S/C(=C\c2cccc(O)c2O)C(=O)N1Cc1cccc(Cl)c1. The predicted octanol–water partition coefficient (Wildman–Crippen LogP) is 3.99. The molecule has 1 fully saturated rings. The quantitative estimate of drug-likeness (QED) is 0.638. The lowest BCUT2D eigenvalue weighted by atomic mass is 10.1. The summed E-state index contributed by atoms with van der Waals surface area (Å²) >= 11 is 6.70. The molecule has 0 radical (unpaired) electrons. The number of benzene rings is 2. The summed E-state index contributed by atoms with van der Waals surface area (Å²) in [5.41, 5.74) is 1.01. The number of thioether (sulfide) groups is 1. The number of phenolic OH excluding ortho intramolecular Hbond substituents is 2. The van der Waals surface area contributed by atoms with Crippen molar-refractivity contribution in [3.63, 3.8) is 0 Å². The number of nitrogens with zero attached hydrogens (tertiary/aromatic N) is 1. The van der Waals surface area contributed by atoms with Crippen LogP contribution in [0.1, 0.15) is 11.1 Å². The molecule has 5 nitrogen and oxygen atoms in total. The van der Waals surface area contributed by atoms with Crippen LogP contribution in [0.15, 0.2) is 47.4 Å². The molecule has 2 aromatic carbocycles. The van der Waals surface area contributed by atoms with Crippen LogP contribution in [0.25, 0.3) is 6.08 Å². The van der Waals surface area contributed by atoms with Crippen molar-refractivity contribution in [2.75, 3.05) is 0 Å². The number of carbonyl (C=O) groups is 2. The molecule has 0 aliphatic carbocycles. The minimum Gasteiger partial charge on any atom is -0.504 e. The van der Waals surface area contributed by atoms with E-state index in [1.807, 2.05) is 0 Å². The fourth-order valence-corrected chi connectivity index (χ4v) is 3.30. The maximum atomic E-state index is 12.4. The summed E-state index contributed by atoms with van der Waals surface area (Å²) in [6.45, 7) is 0.120. The maximum Gasteiger partial charge on any atom is 0.293 e. The Morgan fingerprint density at radius 3 is 2.62 bits per heavy atom. The lowest BCUT2D eigenvalue weighted by Crippen LogP contribution is -2.27. The van der Waals surface area contributed by atoms with E-state index in [9.17, 15) is 19.8 Å². The molecule has 0 saturated carbocycles. The van der Waals surface area contributed by atoms with Crippen molar-refractivity contribution in [2.45, 2.75) is 6.54 Å². The molecule has 1 heterocycles. The van der Waals surface area contributed by atoms with Gasteiger partial charge in [0.2, 0.25) is 0 Å². The van der Waals surface area contributed by atoms with Gasteiger partial charge in [0.15, 0.2) is 11.5 Å². The Balaban J connectivity index is 1.86. The number of halogens is 1. The second kappa shape index (κ2) is 6.59. The third-order valence-corrected chi connectivity index (χ3v) is 4.58. The average Bonchev–Trinajstić information content (AvgIpc) is 2.79. The summed E-state index contributed by atoms with van der Waals surface area (Å²) in [5.74, 6) is -1.08. The molecule has 2 aromatic rings. The van der Waals surface area contributed by atoms with E-state index in [4.69, 9.17) is 11.6 Å². The number of hydrogen-bond acceptors (Lipinski definition) is 5. The van der Waals surface area contributed by atoms with Crippen LogP contribution in [0.2, 0.25) is 5.02 Å². The monoisotopic (exact) mass is 361 g/mol. The topological polar surface area (TPSA) is 77.8 Å². The smallest absolute Gasteiger partial charge is 0.293 e. The van der Waals surface area contributed by atoms with E-state index >= 15 is 0 Å². The van der Waals surface area contributed by atoms with Gasteiger partial charge in [-0.1, -0.05) is 35.9 Å². The number of carbonyl (C=O) groups excluding carboxylic acids is 2. The summed E-state index contributed by atoms with van der Waals surface area (Å²) in [6.07, 6.45) is 1.39. The second-order valence-corrected chi connectivity index (χ2v) is 6.54. The lowest BCUT2D eigenvalue weighted by molar-refractivity contribution is -0.123. The molecule has 122 valence electrons. The highest BCUT2D eigenvalue weighted by Gasteiger charge is 2.35. The van der Waals surface area contributed by atoms with Gasteiger partial charge in [0, 0.05) is 10.6 Å².